The molecular formula is H4AlKO4Si. The first-order valence-corrected chi connectivity index (χ1v) is 2.68. The van der Waals surface area contributed by atoms with Crippen LogP contribution >= 0.6 is 0 Å². The molecular weight excluding hydrogens is 158 g/mol. The third kappa shape index (κ3) is 64.4. The number of rotatable bonds is 0. The van der Waals surface area contributed by atoms with E-state index in [2.05, 4.69) is 0 Å². The van der Waals surface area contributed by atoms with Crippen LogP contribution in [0.3, 0.4) is 0 Å². The van der Waals surface area contributed by atoms with E-state index >= 15 is 0 Å². The van der Waals surface area contributed by atoms with Crippen molar-refractivity contribution in [2.75, 3.05) is 0 Å². The Morgan fingerprint density at radius 1 is 0.857 bits per heavy atom. The maximum absolute atomic E-state index is 7.33. The van der Waals surface area contributed by atoms with Crippen LogP contribution in [0.25, 0.3) is 0 Å². The van der Waals surface area contributed by atoms with Crippen LogP contribution in [0, 0.1) is 0 Å². The fourth-order valence-corrected chi connectivity index (χ4v) is 0. The van der Waals surface area contributed by atoms with Gasteiger partial charge in [0.25, 0.3) is 0 Å². The minimum atomic E-state index is -4.61. The van der Waals surface area contributed by atoms with E-state index in [9.17, 15) is 0 Å². The molecule has 0 fully saturated rings. The molecule has 0 bridgehead atoms. The Balaban J connectivity index is -0.0000000800. The first-order chi connectivity index (χ1) is 2.00. The van der Waals surface area contributed by atoms with E-state index in [0.29, 0.717) is 0 Å². The van der Waals surface area contributed by atoms with Crippen LogP contribution < -0.4 is 0 Å². The molecule has 0 saturated carbocycles. The zero-order chi connectivity index (χ0) is 4.50. The average molecular weight is 162 g/mol. The van der Waals surface area contributed by atoms with Crippen molar-refractivity contribution in [2.24, 2.45) is 0 Å². The third-order valence-electron chi connectivity index (χ3n) is 0. The Hall–Kier alpha value is 2.23. The molecule has 0 aromatic carbocycles. The van der Waals surface area contributed by atoms with Gasteiger partial charge in [-0.15, -0.1) is 0 Å². The second kappa shape index (κ2) is 6.35. The van der Waals surface area contributed by atoms with E-state index in [1.54, 1.807) is 0 Å². The van der Waals surface area contributed by atoms with Gasteiger partial charge in [0.1, 0.15) is 0 Å². The van der Waals surface area contributed by atoms with Gasteiger partial charge in [0.2, 0.25) is 0 Å². The molecule has 0 amide bonds. The van der Waals surface area contributed by atoms with Crippen molar-refractivity contribution >= 4 is 77.8 Å². The summed E-state index contributed by atoms with van der Waals surface area (Å²) in [5.41, 5.74) is 0. The molecule has 4 radical (unpaired) electrons. The van der Waals surface area contributed by atoms with Crippen LogP contribution in [0.5, 0.6) is 0 Å². The largest absolute Gasteiger partial charge is 0.668 e. The van der Waals surface area contributed by atoms with Crippen molar-refractivity contribution in [1.82, 2.24) is 0 Å². The predicted octanol–water partition coefficient (Wildman–Crippen LogP) is -3.37. The molecule has 7 heavy (non-hydrogen) atoms. The standard InChI is InChI=1S/Al.K.H4O4Si/c;;1-5(2,3)4/h;;1-4H. The van der Waals surface area contributed by atoms with Gasteiger partial charge in [-0.3, -0.25) is 0 Å². The quantitative estimate of drug-likeness (QED) is 0.280. The first-order valence-electron chi connectivity index (χ1n) is 0.894. The molecule has 0 heterocycles. The third-order valence-corrected chi connectivity index (χ3v) is 0. The maximum atomic E-state index is 7.33. The van der Waals surface area contributed by atoms with Crippen LogP contribution in [-0.4, -0.2) is 97.0 Å². The summed E-state index contributed by atoms with van der Waals surface area (Å²) < 4.78 is 0. The van der Waals surface area contributed by atoms with Gasteiger partial charge in [0.15, 0.2) is 0 Å². The second-order valence-electron chi connectivity index (χ2n) is 0.600. The van der Waals surface area contributed by atoms with Gasteiger partial charge in [-0.1, -0.05) is 0 Å². The van der Waals surface area contributed by atoms with Crippen molar-refractivity contribution in [3.05, 3.63) is 0 Å². The van der Waals surface area contributed by atoms with Gasteiger partial charge in [0, 0.05) is 68.7 Å². The summed E-state index contributed by atoms with van der Waals surface area (Å²) in [5.74, 6) is 0. The summed E-state index contributed by atoms with van der Waals surface area (Å²) in [5, 5.41) is 0. The van der Waals surface area contributed by atoms with Gasteiger partial charge in [-0.2, -0.15) is 0 Å². The van der Waals surface area contributed by atoms with E-state index in [-0.39, 0.29) is 68.7 Å². The summed E-state index contributed by atoms with van der Waals surface area (Å²) in [7, 11) is -4.61. The second-order valence-corrected chi connectivity index (χ2v) is 1.80. The Bertz CT molecular complexity index is 27.2. The SMILES string of the molecule is O[Si](O)(O)O.[Al].[K]. The van der Waals surface area contributed by atoms with E-state index in [4.69, 9.17) is 19.2 Å². The molecule has 7 heteroatoms. The van der Waals surface area contributed by atoms with Crippen molar-refractivity contribution in [2.45, 2.75) is 0 Å². The molecule has 0 aliphatic carbocycles. The average Bonchev–Trinajstić information content (AvgIpc) is 0.722. The Morgan fingerprint density at radius 2 is 0.857 bits per heavy atom. The minimum Gasteiger partial charge on any atom is -0.368 e. The molecule has 0 spiro atoms. The molecule has 0 unspecified atom stereocenters. The zero-order valence-corrected chi connectivity index (χ0v) is 9.14. The van der Waals surface area contributed by atoms with E-state index in [1.807, 2.05) is 0 Å². The predicted molar refractivity (Wildman–Crippen MR) is 26.1 cm³/mol. The van der Waals surface area contributed by atoms with Crippen molar-refractivity contribution in [3.63, 3.8) is 0 Å². The summed E-state index contributed by atoms with van der Waals surface area (Å²) in [6.45, 7) is 0. The normalized spacial score (nSPS) is 8.57. The molecule has 0 aromatic rings. The van der Waals surface area contributed by atoms with Crippen LogP contribution in [0.4, 0.5) is 0 Å². The molecule has 0 rings (SSSR count). The molecule has 4 nitrogen and oxygen atoms in total. The van der Waals surface area contributed by atoms with E-state index in [1.165, 1.54) is 0 Å². The van der Waals surface area contributed by atoms with Crippen LogP contribution in [0.2, 0.25) is 0 Å². The fourth-order valence-electron chi connectivity index (χ4n) is 0. The topological polar surface area (TPSA) is 80.9 Å². The monoisotopic (exact) mass is 162 g/mol. The molecule has 0 aromatic heterocycles. The van der Waals surface area contributed by atoms with Gasteiger partial charge in [-0.05, 0) is 0 Å². The summed E-state index contributed by atoms with van der Waals surface area (Å²) in [4.78, 5) is 29.3. The Morgan fingerprint density at radius 3 is 0.857 bits per heavy atom. The van der Waals surface area contributed by atoms with E-state index < -0.39 is 9.05 Å². The number of hydrogen-bond acceptors (Lipinski definition) is 4. The van der Waals surface area contributed by atoms with E-state index in [0.717, 1.165) is 0 Å². The van der Waals surface area contributed by atoms with Gasteiger partial charge in [0.05, 0.1) is 0 Å². The smallest absolute Gasteiger partial charge is 0.368 e. The summed E-state index contributed by atoms with van der Waals surface area (Å²) in [6, 6.07) is 0. The molecule has 0 atom stereocenters. The molecule has 0 aliphatic rings. The van der Waals surface area contributed by atoms with Crippen LogP contribution in [-0.2, 0) is 0 Å². The molecule has 4 N–H and O–H groups in total. The number of hydrogen-bond donors (Lipinski definition) is 4. The minimum absolute atomic E-state index is 0. The van der Waals surface area contributed by atoms with Gasteiger partial charge < -0.3 is 19.2 Å². The first kappa shape index (κ1) is 16.1. The fraction of sp³-hybridized carbons (Fsp3) is 0. The van der Waals surface area contributed by atoms with Crippen LogP contribution in [0.1, 0.15) is 0 Å². The summed E-state index contributed by atoms with van der Waals surface area (Å²) >= 11 is 0. The van der Waals surface area contributed by atoms with Crippen molar-refractivity contribution in [1.29, 1.82) is 0 Å². The van der Waals surface area contributed by atoms with Crippen molar-refractivity contribution in [3.8, 4) is 0 Å². The zero-order valence-electron chi connectivity index (χ0n) is 3.87. The molecule has 36 valence electrons. The Labute approximate surface area is 95.2 Å². The maximum Gasteiger partial charge on any atom is 0.668 e. The van der Waals surface area contributed by atoms with Gasteiger partial charge in [-0.25, -0.2) is 0 Å². The van der Waals surface area contributed by atoms with Crippen LogP contribution in [0.15, 0.2) is 0 Å². The van der Waals surface area contributed by atoms with Gasteiger partial charge >= 0.3 is 9.05 Å². The molecule has 0 aliphatic heterocycles. The van der Waals surface area contributed by atoms with Crippen molar-refractivity contribution < 1.29 is 19.2 Å². The summed E-state index contributed by atoms with van der Waals surface area (Å²) in [6.07, 6.45) is 0. The Kier molecular flexibility index (Phi) is 14.6. The molecule has 0 saturated heterocycles.